The fourth-order valence-corrected chi connectivity index (χ4v) is 4.26. The smallest absolute Gasteiger partial charge is 0.313 e. The third-order valence-electron chi connectivity index (χ3n) is 3.92. The topological polar surface area (TPSA) is 58.1 Å². The van der Waals surface area contributed by atoms with Crippen molar-refractivity contribution in [2.45, 2.75) is 12.5 Å². The number of aromatic nitrogens is 2. The second kappa shape index (κ2) is 6.10. The van der Waals surface area contributed by atoms with E-state index in [1.54, 1.807) is 16.8 Å². The van der Waals surface area contributed by atoms with Crippen LogP contribution in [0.1, 0.15) is 22.0 Å². The van der Waals surface area contributed by atoms with Gasteiger partial charge >= 0.3 is 6.03 Å². The normalized spacial score (nSPS) is 16.9. The minimum atomic E-state index is -0.132. The summed E-state index contributed by atoms with van der Waals surface area (Å²) in [7, 11) is 0. The first-order valence-corrected chi connectivity index (χ1v) is 9.04. The molecule has 116 valence electrons. The zero-order valence-electron chi connectivity index (χ0n) is 12.2. The lowest BCUT2D eigenvalue weighted by molar-refractivity contribution is 0.194. The number of carbonyl (C=O) groups is 1. The summed E-state index contributed by atoms with van der Waals surface area (Å²) in [5.41, 5.74) is 3.96. The Morgan fingerprint density at radius 3 is 2.87 bits per heavy atom. The second-order valence-electron chi connectivity index (χ2n) is 5.23. The number of nitrogens with zero attached hydrogens (tertiary/aromatic N) is 3. The largest absolute Gasteiger partial charge is 0.324 e. The highest BCUT2D eigenvalue weighted by atomic mass is 32.1. The number of amides is 2. The average molecular weight is 342 g/mol. The highest BCUT2D eigenvalue weighted by Crippen LogP contribution is 2.37. The molecule has 4 rings (SSSR count). The molecule has 0 saturated carbocycles. The second-order valence-corrected chi connectivity index (χ2v) is 7.06. The summed E-state index contributed by atoms with van der Waals surface area (Å²) < 4.78 is 0. The first kappa shape index (κ1) is 14.3. The van der Waals surface area contributed by atoms with Crippen LogP contribution >= 0.6 is 22.7 Å². The number of rotatable bonds is 2. The minimum absolute atomic E-state index is 0.0564. The van der Waals surface area contributed by atoms with Gasteiger partial charge < -0.3 is 4.90 Å². The minimum Gasteiger partial charge on any atom is -0.313 e. The molecule has 0 saturated heterocycles. The van der Waals surface area contributed by atoms with Gasteiger partial charge in [0.25, 0.3) is 0 Å². The predicted octanol–water partition coefficient (Wildman–Crippen LogP) is 3.78. The van der Waals surface area contributed by atoms with Gasteiger partial charge in [0, 0.05) is 11.4 Å². The quantitative estimate of drug-likeness (QED) is 0.771. The van der Waals surface area contributed by atoms with E-state index in [9.17, 15) is 4.79 Å². The van der Waals surface area contributed by atoms with Crippen LogP contribution in [0.4, 0.5) is 9.93 Å². The molecule has 23 heavy (non-hydrogen) atoms. The van der Waals surface area contributed by atoms with E-state index in [4.69, 9.17) is 0 Å². The molecule has 7 heteroatoms. The molecule has 0 bridgehead atoms. The van der Waals surface area contributed by atoms with E-state index >= 15 is 0 Å². The maximum Gasteiger partial charge on any atom is 0.324 e. The highest BCUT2D eigenvalue weighted by Gasteiger charge is 2.33. The van der Waals surface area contributed by atoms with Crippen LogP contribution in [0.3, 0.4) is 0 Å². The van der Waals surface area contributed by atoms with Crippen molar-refractivity contribution in [3.8, 4) is 0 Å². The number of hydrogen-bond acceptors (Lipinski definition) is 5. The summed E-state index contributed by atoms with van der Waals surface area (Å²) >= 11 is 3.09. The van der Waals surface area contributed by atoms with E-state index < -0.39 is 0 Å². The molecule has 2 aromatic heterocycles. The highest BCUT2D eigenvalue weighted by molar-refractivity contribution is 7.13. The van der Waals surface area contributed by atoms with Crippen LogP contribution in [0.2, 0.25) is 0 Å². The number of benzene rings is 1. The molecule has 1 atom stereocenters. The molecule has 5 nitrogen and oxygen atoms in total. The first-order valence-electron chi connectivity index (χ1n) is 7.28. The predicted molar refractivity (Wildman–Crippen MR) is 91.9 cm³/mol. The van der Waals surface area contributed by atoms with Crippen LogP contribution in [0.5, 0.6) is 0 Å². The van der Waals surface area contributed by atoms with Crippen molar-refractivity contribution < 1.29 is 4.79 Å². The molecular formula is C16H14N4OS2. The Kier molecular flexibility index (Phi) is 3.80. The fourth-order valence-electron chi connectivity index (χ4n) is 2.92. The summed E-state index contributed by atoms with van der Waals surface area (Å²) in [5, 5.41) is 13.1. The molecule has 1 aromatic carbocycles. The van der Waals surface area contributed by atoms with Gasteiger partial charge in [-0.2, -0.15) is 0 Å². The van der Waals surface area contributed by atoms with E-state index in [0.29, 0.717) is 11.7 Å². The van der Waals surface area contributed by atoms with Gasteiger partial charge in [-0.15, -0.1) is 21.5 Å². The summed E-state index contributed by atoms with van der Waals surface area (Å²) in [6.45, 7) is 0.692. The molecule has 1 N–H and O–H groups in total. The summed E-state index contributed by atoms with van der Waals surface area (Å²) in [5.74, 6) is 0. The van der Waals surface area contributed by atoms with Gasteiger partial charge in [0.1, 0.15) is 5.51 Å². The zero-order valence-corrected chi connectivity index (χ0v) is 13.8. The number of hydrogen-bond donors (Lipinski definition) is 1. The number of thiophene rings is 1. The third kappa shape index (κ3) is 2.73. The van der Waals surface area contributed by atoms with Gasteiger partial charge in [-0.1, -0.05) is 41.7 Å². The van der Waals surface area contributed by atoms with Gasteiger partial charge in [-0.25, -0.2) is 4.79 Å². The molecule has 1 aliphatic heterocycles. The Balaban J connectivity index is 1.69. The van der Waals surface area contributed by atoms with E-state index in [2.05, 4.69) is 39.1 Å². The van der Waals surface area contributed by atoms with Crippen LogP contribution in [0.15, 0.2) is 47.3 Å². The third-order valence-corrected chi connectivity index (χ3v) is 5.52. The summed E-state index contributed by atoms with van der Waals surface area (Å²) in [4.78, 5) is 16.0. The molecule has 0 unspecified atom stereocenters. The molecule has 3 heterocycles. The van der Waals surface area contributed by atoms with Gasteiger partial charge in [0.2, 0.25) is 5.13 Å². The summed E-state index contributed by atoms with van der Waals surface area (Å²) in [6.07, 6.45) is 0.889. The monoisotopic (exact) mass is 342 g/mol. The maximum absolute atomic E-state index is 12.7. The van der Waals surface area contributed by atoms with Gasteiger partial charge in [0.15, 0.2) is 0 Å². The van der Waals surface area contributed by atoms with E-state index in [-0.39, 0.29) is 12.1 Å². The molecule has 1 aliphatic rings. The zero-order chi connectivity index (χ0) is 15.6. The van der Waals surface area contributed by atoms with Gasteiger partial charge in [0.05, 0.1) is 6.04 Å². The van der Waals surface area contributed by atoms with Gasteiger partial charge in [-0.05, 0) is 29.0 Å². The van der Waals surface area contributed by atoms with Crippen LogP contribution < -0.4 is 5.32 Å². The number of urea groups is 1. The Bertz CT molecular complexity index is 801. The Morgan fingerprint density at radius 1 is 1.22 bits per heavy atom. The van der Waals surface area contributed by atoms with Crippen LogP contribution in [0.25, 0.3) is 0 Å². The molecule has 0 spiro atoms. The molecule has 0 radical (unpaired) electrons. The van der Waals surface area contributed by atoms with Crippen LogP contribution in [-0.2, 0) is 6.42 Å². The number of carbonyl (C=O) groups excluding carboxylic acids is 1. The van der Waals surface area contributed by atoms with E-state index in [0.717, 1.165) is 12.0 Å². The van der Waals surface area contributed by atoms with E-state index in [1.165, 1.54) is 21.8 Å². The Labute approximate surface area is 141 Å². The Hall–Kier alpha value is -2.25. The number of fused-ring (bicyclic) bond motifs is 1. The molecule has 0 aliphatic carbocycles. The van der Waals surface area contributed by atoms with Crippen LogP contribution in [0, 0.1) is 0 Å². The van der Waals surface area contributed by atoms with Crippen molar-refractivity contribution >= 4 is 33.8 Å². The molecular weight excluding hydrogens is 328 g/mol. The lowest BCUT2D eigenvalue weighted by Gasteiger charge is -2.36. The maximum atomic E-state index is 12.7. The lowest BCUT2D eigenvalue weighted by atomic mass is 9.93. The van der Waals surface area contributed by atoms with Crippen molar-refractivity contribution in [1.29, 1.82) is 0 Å². The van der Waals surface area contributed by atoms with Crippen LogP contribution in [-0.4, -0.2) is 27.7 Å². The standard InChI is InChI=1S/C16H14N4OS2/c21-16(18-15-19-17-10-23-15)20-8-6-13-12(7-9-22-13)14(20)11-4-2-1-3-5-11/h1-5,7,9-10,14H,6,8H2,(H,18,19,21)/t14-/m1/s1. The van der Waals surface area contributed by atoms with Crippen molar-refractivity contribution in [3.63, 3.8) is 0 Å². The van der Waals surface area contributed by atoms with E-state index in [1.807, 2.05) is 23.1 Å². The Morgan fingerprint density at radius 2 is 2.09 bits per heavy atom. The van der Waals surface area contributed by atoms with Crippen molar-refractivity contribution in [2.24, 2.45) is 0 Å². The molecule has 2 amide bonds. The molecule has 0 fully saturated rings. The average Bonchev–Trinajstić information content (AvgIpc) is 3.25. The van der Waals surface area contributed by atoms with Gasteiger partial charge in [-0.3, -0.25) is 5.32 Å². The van der Waals surface area contributed by atoms with Crippen molar-refractivity contribution in [1.82, 2.24) is 15.1 Å². The number of anilines is 1. The number of nitrogens with one attached hydrogen (secondary N) is 1. The fraction of sp³-hybridized carbons (Fsp3) is 0.188. The summed E-state index contributed by atoms with van der Waals surface area (Å²) in [6, 6.07) is 12.1. The van der Waals surface area contributed by atoms with Crippen molar-refractivity contribution in [3.05, 3.63) is 63.3 Å². The SMILES string of the molecule is O=C(Nc1nncs1)N1CCc2sccc2[C@H]1c1ccccc1. The molecule has 3 aromatic rings. The lowest BCUT2D eigenvalue weighted by Crippen LogP contribution is -2.42. The first-order chi connectivity index (χ1) is 11.3. The van der Waals surface area contributed by atoms with Crippen molar-refractivity contribution in [2.75, 3.05) is 11.9 Å².